The summed E-state index contributed by atoms with van der Waals surface area (Å²) in [6.07, 6.45) is -2.71. The van der Waals surface area contributed by atoms with Crippen LogP contribution in [0.4, 0.5) is 9.59 Å². The van der Waals surface area contributed by atoms with Crippen LogP contribution in [0.1, 0.15) is 0 Å². The maximum atomic E-state index is 9.87. The van der Waals surface area contributed by atoms with Crippen molar-refractivity contribution in [1.29, 1.82) is 0 Å². The maximum absolute atomic E-state index is 9.87. The molecule has 1 radical (unpaired) electrons. The molecule has 0 heterocycles. The van der Waals surface area contributed by atoms with Gasteiger partial charge >= 0.3 is 12.2 Å². The number of ether oxygens (including phenoxy) is 1. The third-order valence-electron chi connectivity index (χ3n) is 0.390. The summed E-state index contributed by atoms with van der Waals surface area (Å²) in [4.78, 5) is 19.3. The highest BCUT2D eigenvalue weighted by molar-refractivity contribution is 5.85. The van der Waals surface area contributed by atoms with Crippen molar-refractivity contribution >= 4 is 12.2 Å². The fraction of sp³-hybridized carbons (Fsp3) is 0.333. The van der Waals surface area contributed by atoms with Crippen molar-refractivity contribution in [1.82, 2.24) is 5.32 Å². The van der Waals surface area contributed by atoms with Crippen molar-refractivity contribution in [2.75, 3.05) is 7.11 Å². The maximum Gasteiger partial charge on any atom is 0.459 e. The number of rotatable bonds is 0. The number of nitrogens with one attached hydrogen (secondary N) is 1. The lowest BCUT2D eigenvalue weighted by molar-refractivity contribution is 0.147. The quantitative estimate of drug-likeness (QED) is 0.482. The van der Waals surface area contributed by atoms with Crippen molar-refractivity contribution in [2.24, 2.45) is 0 Å². The Labute approximate surface area is 45.2 Å². The highest BCUT2D eigenvalue weighted by Gasteiger charge is 2.03. The molecule has 0 aromatic rings. The molecule has 0 aliphatic carbocycles. The summed E-state index contributed by atoms with van der Waals surface area (Å²) in [6, 6.07) is 0. The van der Waals surface area contributed by atoms with E-state index < -0.39 is 12.2 Å². The Hall–Kier alpha value is -1.26. The van der Waals surface area contributed by atoms with E-state index in [-0.39, 0.29) is 0 Å². The Morgan fingerprint density at radius 1 is 1.50 bits per heavy atom. The number of carbonyl (C=O) groups is 2. The Bertz CT molecular complexity index is 110. The van der Waals surface area contributed by atoms with Gasteiger partial charge in [0, 0.05) is 0 Å². The van der Waals surface area contributed by atoms with E-state index >= 15 is 0 Å². The summed E-state index contributed by atoms with van der Waals surface area (Å²) in [5.41, 5.74) is 0. The molecule has 0 bridgehead atoms. The summed E-state index contributed by atoms with van der Waals surface area (Å²) in [5, 5.41) is 10.8. The van der Waals surface area contributed by atoms with Gasteiger partial charge in [0.2, 0.25) is 0 Å². The molecule has 0 saturated heterocycles. The Balaban J connectivity index is 3.40. The SMILES string of the molecule is COC(=O)NC([O])=O. The van der Waals surface area contributed by atoms with Gasteiger partial charge in [0.15, 0.2) is 0 Å². The minimum absolute atomic E-state index is 1.04. The van der Waals surface area contributed by atoms with Gasteiger partial charge in [-0.05, 0) is 0 Å². The lowest BCUT2D eigenvalue weighted by Crippen LogP contribution is -2.27. The normalized spacial score (nSPS) is 7.62. The molecule has 0 unspecified atom stereocenters. The smallest absolute Gasteiger partial charge is 0.453 e. The van der Waals surface area contributed by atoms with Crippen LogP contribution in [-0.2, 0) is 9.84 Å². The fourth-order valence-corrected chi connectivity index (χ4v) is 0.134. The van der Waals surface area contributed by atoms with Crippen molar-refractivity contribution in [3.8, 4) is 0 Å². The molecule has 0 saturated carbocycles. The molecule has 1 N–H and O–H groups in total. The van der Waals surface area contributed by atoms with Crippen LogP contribution in [0.25, 0.3) is 0 Å². The minimum atomic E-state index is -1.67. The van der Waals surface area contributed by atoms with Gasteiger partial charge in [-0.1, -0.05) is 0 Å². The van der Waals surface area contributed by atoms with Crippen LogP contribution in [0.2, 0.25) is 0 Å². The molecule has 0 aliphatic rings. The Morgan fingerprint density at radius 2 is 2.00 bits per heavy atom. The Morgan fingerprint density at radius 3 is 2.12 bits per heavy atom. The number of amides is 2. The molecule has 5 nitrogen and oxygen atoms in total. The van der Waals surface area contributed by atoms with E-state index in [1.807, 2.05) is 0 Å². The van der Waals surface area contributed by atoms with E-state index in [1.54, 1.807) is 0 Å². The molecule has 0 aromatic carbocycles. The molecule has 0 aliphatic heterocycles. The Kier molecular flexibility index (Phi) is 2.39. The first-order valence-corrected chi connectivity index (χ1v) is 1.72. The molecule has 0 aromatic heterocycles. The molecule has 5 heteroatoms. The van der Waals surface area contributed by atoms with Gasteiger partial charge in [-0.25, -0.2) is 20.0 Å². The molecule has 8 heavy (non-hydrogen) atoms. The topological polar surface area (TPSA) is 75.3 Å². The molecule has 0 spiro atoms. The molecule has 0 atom stereocenters. The average Bonchev–Trinajstić information content (AvgIpc) is 1.65. The van der Waals surface area contributed by atoms with Crippen LogP contribution < -0.4 is 5.32 Å². The molecular weight excluding hydrogens is 114 g/mol. The van der Waals surface area contributed by atoms with Crippen LogP contribution in [0, 0.1) is 0 Å². The first-order chi connectivity index (χ1) is 3.66. The standard InChI is InChI=1S/C3H4NO4/c1-8-3(7)4-2(5)6/h1H3,(H,4,7). The van der Waals surface area contributed by atoms with Gasteiger partial charge in [-0.2, -0.15) is 0 Å². The first-order valence-electron chi connectivity index (χ1n) is 1.72. The van der Waals surface area contributed by atoms with Crippen LogP contribution >= 0.6 is 0 Å². The molecule has 0 fully saturated rings. The molecule has 45 valence electrons. The second-order valence-electron chi connectivity index (χ2n) is 0.904. The van der Waals surface area contributed by atoms with Gasteiger partial charge < -0.3 is 4.74 Å². The van der Waals surface area contributed by atoms with Gasteiger partial charge in [0.05, 0.1) is 7.11 Å². The van der Waals surface area contributed by atoms with E-state index in [2.05, 4.69) is 4.74 Å². The highest BCUT2D eigenvalue weighted by atomic mass is 16.5. The summed E-state index contributed by atoms with van der Waals surface area (Å²) in [6.45, 7) is 0. The predicted molar refractivity (Wildman–Crippen MR) is 21.6 cm³/mol. The third-order valence-corrected chi connectivity index (χ3v) is 0.390. The van der Waals surface area contributed by atoms with Crippen molar-refractivity contribution in [3.63, 3.8) is 0 Å². The lowest BCUT2D eigenvalue weighted by atomic mass is 11.0. The monoisotopic (exact) mass is 118 g/mol. The minimum Gasteiger partial charge on any atom is -0.453 e. The highest BCUT2D eigenvalue weighted by Crippen LogP contribution is 1.69. The predicted octanol–water partition coefficient (Wildman–Crippen LogP) is -0.107. The zero-order valence-electron chi connectivity index (χ0n) is 4.13. The molecular formula is C3H4NO4. The van der Waals surface area contributed by atoms with Gasteiger partial charge in [0.1, 0.15) is 0 Å². The van der Waals surface area contributed by atoms with Gasteiger partial charge in [-0.3, -0.25) is 0 Å². The molecule has 2 amide bonds. The van der Waals surface area contributed by atoms with Crippen molar-refractivity contribution in [3.05, 3.63) is 0 Å². The number of hydrogen-bond acceptors (Lipinski definition) is 3. The van der Waals surface area contributed by atoms with E-state index in [9.17, 15) is 14.7 Å². The van der Waals surface area contributed by atoms with Gasteiger partial charge in [0.25, 0.3) is 0 Å². The van der Waals surface area contributed by atoms with E-state index in [0.29, 0.717) is 0 Å². The number of hydrogen-bond donors (Lipinski definition) is 1. The average molecular weight is 118 g/mol. The zero-order valence-corrected chi connectivity index (χ0v) is 4.13. The summed E-state index contributed by atoms with van der Waals surface area (Å²) in [7, 11) is 1.05. The number of imide groups is 1. The fourth-order valence-electron chi connectivity index (χ4n) is 0.134. The van der Waals surface area contributed by atoms with E-state index in [0.717, 1.165) is 7.11 Å². The van der Waals surface area contributed by atoms with Crippen LogP contribution in [-0.4, -0.2) is 19.3 Å². The number of methoxy groups -OCH3 is 1. The lowest BCUT2D eigenvalue weighted by Gasteiger charge is -1.91. The second kappa shape index (κ2) is 2.84. The van der Waals surface area contributed by atoms with Crippen molar-refractivity contribution < 1.29 is 19.4 Å². The van der Waals surface area contributed by atoms with E-state index in [4.69, 9.17) is 0 Å². The summed E-state index contributed by atoms with van der Waals surface area (Å²) < 4.78 is 3.89. The molecule has 0 rings (SSSR count). The van der Waals surface area contributed by atoms with Crippen LogP contribution in [0.5, 0.6) is 0 Å². The largest absolute Gasteiger partial charge is 0.459 e. The van der Waals surface area contributed by atoms with Crippen LogP contribution in [0.3, 0.4) is 0 Å². The van der Waals surface area contributed by atoms with Gasteiger partial charge in [-0.15, -0.1) is 0 Å². The van der Waals surface area contributed by atoms with Crippen LogP contribution in [0.15, 0.2) is 0 Å². The number of carbonyl (C=O) groups excluding carboxylic acids is 2. The number of alkyl carbamates (subject to hydrolysis) is 1. The zero-order chi connectivity index (χ0) is 6.57. The van der Waals surface area contributed by atoms with E-state index in [1.165, 1.54) is 5.32 Å². The summed E-state index contributed by atoms with van der Waals surface area (Å²) >= 11 is 0. The summed E-state index contributed by atoms with van der Waals surface area (Å²) in [5.74, 6) is 0. The third kappa shape index (κ3) is 2.95. The second-order valence-corrected chi connectivity index (χ2v) is 0.904. The first kappa shape index (κ1) is 6.74. The van der Waals surface area contributed by atoms with Crippen molar-refractivity contribution in [2.45, 2.75) is 0 Å².